The van der Waals surface area contributed by atoms with E-state index in [1.807, 2.05) is 54.7 Å². The van der Waals surface area contributed by atoms with E-state index >= 15 is 0 Å². The summed E-state index contributed by atoms with van der Waals surface area (Å²) >= 11 is 6.08. The van der Waals surface area contributed by atoms with Crippen LogP contribution < -0.4 is 5.32 Å². The quantitative estimate of drug-likeness (QED) is 0.594. The van der Waals surface area contributed by atoms with E-state index in [9.17, 15) is 10.1 Å². The number of carbonyl (C=O) groups excluding carboxylic acids is 1. The highest BCUT2D eigenvalue weighted by atomic mass is 35.5. The molecule has 0 spiro atoms. The molecular formula is C21H20ClN5O. The maximum Gasteiger partial charge on any atom is 0.253 e. The van der Waals surface area contributed by atoms with Crippen molar-refractivity contribution >= 4 is 17.5 Å². The van der Waals surface area contributed by atoms with Crippen LogP contribution in [-0.4, -0.2) is 34.4 Å². The SMILES string of the molecule is CNC(=O)C1(c2ccc[nH]2)C(c2ccc[nH]2)C(c2ccc(Cl)cc2)CN1C#N. The lowest BCUT2D eigenvalue weighted by Gasteiger charge is -2.37. The number of benzene rings is 1. The number of nitriles is 1. The van der Waals surface area contributed by atoms with Gasteiger partial charge in [0.25, 0.3) is 5.91 Å². The predicted molar refractivity (Wildman–Crippen MR) is 107 cm³/mol. The molecule has 1 amide bonds. The van der Waals surface area contributed by atoms with Crippen molar-refractivity contribution in [3.05, 3.63) is 82.9 Å². The van der Waals surface area contributed by atoms with Crippen molar-refractivity contribution in [1.82, 2.24) is 20.2 Å². The highest BCUT2D eigenvalue weighted by Crippen LogP contribution is 2.54. The van der Waals surface area contributed by atoms with Crippen molar-refractivity contribution in [2.24, 2.45) is 0 Å². The van der Waals surface area contributed by atoms with Crippen molar-refractivity contribution in [3.8, 4) is 6.19 Å². The Kier molecular flexibility index (Phi) is 4.62. The highest BCUT2D eigenvalue weighted by Gasteiger charge is 2.61. The summed E-state index contributed by atoms with van der Waals surface area (Å²) in [4.78, 5) is 21.4. The van der Waals surface area contributed by atoms with Gasteiger partial charge in [0.15, 0.2) is 11.7 Å². The number of nitrogens with one attached hydrogen (secondary N) is 3. The van der Waals surface area contributed by atoms with Crippen LogP contribution >= 0.6 is 11.6 Å². The maximum atomic E-state index is 13.4. The van der Waals surface area contributed by atoms with Gasteiger partial charge in [0, 0.05) is 48.5 Å². The summed E-state index contributed by atoms with van der Waals surface area (Å²) in [6, 6.07) is 15.2. The summed E-state index contributed by atoms with van der Waals surface area (Å²) < 4.78 is 0. The number of halogens is 1. The van der Waals surface area contributed by atoms with Crippen LogP contribution in [0.15, 0.2) is 60.9 Å². The number of carbonyl (C=O) groups is 1. The van der Waals surface area contributed by atoms with Gasteiger partial charge in [-0.05, 0) is 42.0 Å². The van der Waals surface area contributed by atoms with Gasteiger partial charge < -0.3 is 15.3 Å². The lowest BCUT2D eigenvalue weighted by atomic mass is 9.73. The zero-order chi connectivity index (χ0) is 19.7. The van der Waals surface area contributed by atoms with Gasteiger partial charge in [0.2, 0.25) is 0 Å². The maximum absolute atomic E-state index is 13.4. The Morgan fingerprint density at radius 3 is 2.50 bits per heavy atom. The van der Waals surface area contributed by atoms with E-state index in [-0.39, 0.29) is 17.7 Å². The number of aromatic nitrogens is 2. The molecule has 0 radical (unpaired) electrons. The Labute approximate surface area is 168 Å². The third kappa shape index (κ3) is 2.59. The van der Waals surface area contributed by atoms with Crippen molar-refractivity contribution in [2.75, 3.05) is 13.6 Å². The first-order chi connectivity index (χ1) is 13.6. The molecule has 4 rings (SSSR count). The van der Waals surface area contributed by atoms with E-state index in [1.54, 1.807) is 18.1 Å². The third-order valence-electron chi connectivity index (χ3n) is 5.62. The van der Waals surface area contributed by atoms with Crippen LogP contribution in [0.5, 0.6) is 0 Å². The molecule has 3 unspecified atom stereocenters. The van der Waals surface area contributed by atoms with E-state index in [0.29, 0.717) is 17.3 Å². The lowest BCUT2D eigenvalue weighted by Crippen LogP contribution is -2.53. The average Bonchev–Trinajstić information content (AvgIpc) is 3.46. The fourth-order valence-corrected chi connectivity index (χ4v) is 4.60. The highest BCUT2D eigenvalue weighted by molar-refractivity contribution is 6.30. The fraction of sp³-hybridized carbons (Fsp3) is 0.238. The van der Waals surface area contributed by atoms with E-state index in [1.165, 1.54) is 0 Å². The molecule has 3 atom stereocenters. The molecule has 2 aromatic heterocycles. The Morgan fingerprint density at radius 1 is 1.21 bits per heavy atom. The van der Waals surface area contributed by atoms with Gasteiger partial charge in [-0.2, -0.15) is 5.26 Å². The minimum atomic E-state index is -1.19. The van der Waals surface area contributed by atoms with Crippen LogP contribution in [0.1, 0.15) is 28.8 Å². The summed E-state index contributed by atoms with van der Waals surface area (Å²) in [5.74, 6) is -0.620. The van der Waals surface area contributed by atoms with Crippen molar-refractivity contribution in [1.29, 1.82) is 5.26 Å². The first-order valence-electron chi connectivity index (χ1n) is 9.05. The lowest BCUT2D eigenvalue weighted by molar-refractivity contribution is -0.131. The monoisotopic (exact) mass is 393 g/mol. The number of amides is 1. The summed E-state index contributed by atoms with van der Waals surface area (Å²) in [5.41, 5.74) is 1.42. The Bertz CT molecular complexity index is 991. The molecule has 0 aliphatic carbocycles. The molecule has 1 saturated heterocycles. The molecular weight excluding hydrogens is 374 g/mol. The van der Waals surface area contributed by atoms with Gasteiger partial charge in [0.1, 0.15) is 0 Å². The number of H-pyrrole nitrogens is 2. The van der Waals surface area contributed by atoms with Gasteiger partial charge in [-0.3, -0.25) is 9.69 Å². The summed E-state index contributed by atoms with van der Waals surface area (Å²) in [6.45, 7) is 0.411. The summed E-state index contributed by atoms with van der Waals surface area (Å²) in [7, 11) is 1.60. The topological polar surface area (TPSA) is 87.7 Å². The summed E-state index contributed by atoms with van der Waals surface area (Å²) in [5, 5.41) is 13.5. The van der Waals surface area contributed by atoms with Crippen molar-refractivity contribution in [3.63, 3.8) is 0 Å². The molecule has 1 aromatic carbocycles. The second-order valence-corrected chi connectivity index (χ2v) is 7.34. The Hall–Kier alpha value is -3.17. The van der Waals surface area contributed by atoms with E-state index < -0.39 is 5.54 Å². The Balaban J connectivity index is 1.98. The number of likely N-dealkylation sites (tertiary alicyclic amines) is 1. The van der Waals surface area contributed by atoms with Crippen LogP contribution in [0.3, 0.4) is 0 Å². The van der Waals surface area contributed by atoms with Gasteiger partial charge in [0.05, 0.1) is 5.69 Å². The van der Waals surface area contributed by atoms with Crippen LogP contribution in [0.25, 0.3) is 0 Å². The Morgan fingerprint density at radius 2 is 1.93 bits per heavy atom. The van der Waals surface area contributed by atoms with E-state index in [2.05, 4.69) is 21.5 Å². The minimum absolute atomic E-state index is 0.0869. The average molecular weight is 394 g/mol. The van der Waals surface area contributed by atoms with Gasteiger partial charge in [-0.25, -0.2) is 0 Å². The molecule has 0 saturated carbocycles. The molecule has 3 N–H and O–H groups in total. The molecule has 3 heterocycles. The fourth-order valence-electron chi connectivity index (χ4n) is 4.47. The second kappa shape index (κ2) is 7.10. The zero-order valence-corrected chi connectivity index (χ0v) is 16.1. The third-order valence-corrected chi connectivity index (χ3v) is 5.87. The summed E-state index contributed by atoms with van der Waals surface area (Å²) in [6.07, 6.45) is 5.89. The van der Waals surface area contributed by atoms with Gasteiger partial charge in [-0.15, -0.1) is 0 Å². The van der Waals surface area contributed by atoms with Crippen LogP contribution in [0.4, 0.5) is 0 Å². The molecule has 28 heavy (non-hydrogen) atoms. The first-order valence-corrected chi connectivity index (χ1v) is 9.43. The van der Waals surface area contributed by atoms with Crippen LogP contribution in [-0.2, 0) is 10.3 Å². The first kappa shape index (κ1) is 18.2. The molecule has 1 aliphatic heterocycles. The smallest absolute Gasteiger partial charge is 0.253 e. The van der Waals surface area contributed by atoms with Crippen LogP contribution in [0.2, 0.25) is 5.02 Å². The van der Waals surface area contributed by atoms with E-state index in [4.69, 9.17) is 11.6 Å². The number of nitrogens with zero attached hydrogens (tertiary/aromatic N) is 2. The molecule has 1 fully saturated rings. The van der Waals surface area contributed by atoms with Gasteiger partial charge >= 0.3 is 0 Å². The number of aromatic amines is 2. The number of likely N-dealkylation sites (N-methyl/N-ethyl adjacent to an activating group) is 1. The minimum Gasteiger partial charge on any atom is -0.365 e. The number of hydrogen-bond donors (Lipinski definition) is 3. The molecule has 0 bridgehead atoms. The molecule has 142 valence electrons. The standard InChI is InChI=1S/C21H20ClN5O/c1-24-20(28)21(18-5-3-11-26-18)19(17-4-2-10-25-17)16(12-27(21)13-23)14-6-8-15(22)9-7-14/h2-11,16,19,25-26H,12H2,1H3,(H,24,28). The molecule has 1 aliphatic rings. The number of hydrogen-bond acceptors (Lipinski definition) is 3. The van der Waals surface area contributed by atoms with Crippen molar-refractivity contribution in [2.45, 2.75) is 17.4 Å². The second-order valence-electron chi connectivity index (χ2n) is 6.90. The largest absolute Gasteiger partial charge is 0.365 e. The van der Waals surface area contributed by atoms with Crippen LogP contribution in [0, 0.1) is 11.5 Å². The number of rotatable bonds is 4. The van der Waals surface area contributed by atoms with E-state index in [0.717, 1.165) is 11.3 Å². The molecule has 7 heteroatoms. The molecule has 3 aromatic rings. The normalized spacial score (nSPS) is 24.1. The van der Waals surface area contributed by atoms with Gasteiger partial charge in [-0.1, -0.05) is 23.7 Å². The molecule has 6 nitrogen and oxygen atoms in total. The zero-order valence-electron chi connectivity index (χ0n) is 15.3. The van der Waals surface area contributed by atoms with Crippen molar-refractivity contribution < 1.29 is 4.79 Å². The predicted octanol–water partition coefficient (Wildman–Crippen LogP) is 3.30.